The fourth-order valence-electron chi connectivity index (χ4n) is 2.73. The van der Waals surface area contributed by atoms with Crippen LogP contribution in [0.15, 0.2) is 42.3 Å². The van der Waals surface area contributed by atoms with Crippen LogP contribution in [-0.2, 0) is 27.2 Å². The molecule has 0 aromatic carbocycles. The molecular weight excluding hydrogens is 322 g/mol. The lowest BCUT2D eigenvalue weighted by molar-refractivity contribution is 0.704. The molecule has 0 radical (unpaired) electrons. The van der Waals surface area contributed by atoms with Crippen molar-refractivity contribution in [3.8, 4) is 0 Å². The van der Waals surface area contributed by atoms with Gasteiger partial charge in [0.15, 0.2) is 5.82 Å². The highest BCUT2D eigenvalue weighted by Crippen LogP contribution is 2.29. The molecule has 0 amide bonds. The quantitative estimate of drug-likeness (QED) is 0.558. The van der Waals surface area contributed by atoms with E-state index in [0.717, 1.165) is 28.3 Å². The fraction of sp³-hybridized carbons (Fsp3) is 0.250. The van der Waals surface area contributed by atoms with E-state index in [1.807, 2.05) is 24.7 Å². The first kappa shape index (κ1) is 14.8. The molecule has 0 saturated carbocycles. The van der Waals surface area contributed by atoms with Gasteiger partial charge in [0.05, 0.1) is 23.3 Å². The molecule has 0 saturated heterocycles. The molecule has 0 aliphatic carbocycles. The molecule has 7 nitrogen and oxygen atoms in total. The Labute approximate surface area is 143 Å². The Kier molecular flexibility index (Phi) is 3.73. The number of anilines is 1. The van der Waals surface area contributed by atoms with Gasteiger partial charge in [-0.25, -0.2) is 9.97 Å². The Bertz CT molecular complexity index is 968. The van der Waals surface area contributed by atoms with Crippen molar-refractivity contribution in [3.05, 3.63) is 53.7 Å². The van der Waals surface area contributed by atoms with E-state index in [1.54, 1.807) is 22.3 Å². The van der Waals surface area contributed by atoms with E-state index in [2.05, 4.69) is 55.1 Å². The van der Waals surface area contributed by atoms with Crippen molar-refractivity contribution in [1.82, 2.24) is 29.5 Å². The van der Waals surface area contributed by atoms with E-state index in [4.69, 9.17) is 0 Å². The van der Waals surface area contributed by atoms with Crippen LogP contribution in [0.25, 0.3) is 10.2 Å². The molecule has 4 aromatic heterocycles. The van der Waals surface area contributed by atoms with E-state index >= 15 is 0 Å². The predicted octanol–water partition coefficient (Wildman–Crippen LogP) is 2.37. The Balaban J connectivity index is 1.74. The summed E-state index contributed by atoms with van der Waals surface area (Å²) in [5.74, 6) is 0.932. The predicted molar refractivity (Wildman–Crippen MR) is 93.7 cm³/mol. The minimum absolute atomic E-state index is 0.642. The van der Waals surface area contributed by atoms with Crippen LogP contribution < -0.4 is 4.90 Å². The molecule has 4 heterocycles. The van der Waals surface area contributed by atoms with Crippen LogP contribution in [0.1, 0.15) is 11.4 Å². The normalized spacial score (nSPS) is 11.2. The first-order chi connectivity index (χ1) is 11.7. The summed E-state index contributed by atoms with van der Waals surface area (Å²) in [5, 5.41) is 10.3. The lowest BCUT2D eigenvalue weighted by atomic mass is 10.3. The molecule has 0 bridgehead atoms. The van der Waals surface area contributed by atoms with Crippen molar-refractivity contribution < 1.29 is 0 Å². The number of nitrogens with zero attached hydrogens (tertiary/aromatic N) is 7. The maximum atomic E-state index is 4.55. The van der Waals surface area contributed by atoms with Gasteiger partial charge in [0.2, 0.25) is 0 Å². The monoisotopic (exact) mass is 339 g/mol. The molecule has 0 fully saturated rings. The van der Waals surface area contributed by atoms with Crippen LogP contribution in [-0.4, -0.2) is 29.5 Å². The average Bonchev–Trinajstić information content (AvgIpc) is 3.29. The van der Waals surface area contributed by atoms with E-state index in [-0.39, 0.29) is 0 Å². The van der Waals surface area contributed by atoms with Crippen molar-refractivity contribution in [2.24, 2.45) is 14.1 Å². The Hall–Kier alpha value is -2.74. The van der Waals surface area contributed by atoms with E-state index in [0.29, 0.717) is 6.54 Å². The van der Waals surface area contributed by atoms with Gasteiger partial charge in [-0.2, -0.15) is 0 Å². The Morgan fingerprint density at radius 3 is 2.83 bits per heavy atom. The Morgan fingerprint density at radius 2 is 2.08 bits per heavy atom. The topological polar surface area (TPSA) is 64.7 Å². The number of thiophene rings is 1. The molecule has 0 atom stereocenters. The second-order valence-corrected chi connectivity index (χ2v) is 6.60. The van der Waals surface area contributed by atoms with Crippen LogP contribution in [0.4, 0.5) is 5.82 Å². The van der Waals surface area contributed by atoms with Gasteiger partial charge < -0.3 is 9.47 Å². The van der Waals surface area contributed by atoms with Gasteiger partial charge in [-0.15, -0.1) is 16.4 Å². The maximum Gasteiger partial charge on any atom is 0.150 e. The SMILES string of the molecule is Cn1cc(CN(Cc2cccn2C)c2ncnc3ccsc23)nn1. The third kappa shape index (κ3) is 2.76. The molecule has 4 aromatic rings. The second kappa shape index (κ2) is 6.04. The lowest BCUT2D eigenvalue weighted by Gasteiger charge is -2.23. The average molecular weight is 339 g/mol. The minimum Gasteiger partial charge on any atom is -0.353 e. The number of fused-ring (bicyclic) bond motifs is 1. The highest BCUT2D eigenvalue weighted by Gasteiger charge is 2.17. The van der Waals surface area contributed by atoms with E-state index < -0.39 is 0 Å². The van der Waals surface area contributed by atoms with Crippen molar-refractivity contribution >= 4 is 27.4 Å². The van der Waals surface area contributed by atoms with Crippen molar-refractivity contribution in [1.29, 1.82) is 0 Å². The van der Waals surface area contributed by atoms with Crippen LogP contribution in [0.2, 0.25) is 0 Å². The maximum absolute atomic E-state index is 4.55. The van der Waals surface area contributed by atoms with Crippen LogP contribution in [0, 0.1) is 0 Å². The van der Waals surface area contributed by atoms with Crippen molar-refractivity contribution in [3.63, 3.8) is 0 Å². The number of rotatable bonds is 5. The van der Waals surface area contributed by atoms with Gasteiger partial charge >= 0.3 is 0 Å². The van der Waals surface area contributed by atoms with Gasteiger partial charge in [0.1, 0.15) is 12.0 Å². The third-order valence-electron chi connectivity index (χ3n) is 3.93. The van der Waals surface area contributed by atoms with Crippen LogP contribution in [0.5, 0.6) is 0 Å². The summed E-state index contributed by atoms with van der Waals surface area (Å²) in [7, 11) is 3.93. The van der Waals surface area contributed by atoms with Crippen molar-refractivity contribution in [2.75, 3.05) is 4.90 Å². The van der Waals surface area contributed by atoms with Gasteiger partial charge in [-0.1, -0.05) is 5.21 Å². The molecule has 122 valence electrons. The minimum atomic E-state index is 0.642. The lowest BCUT2D eigenvalue weighted by Crippen LogP contribution is -2.24. The summed E-state index contributed by atoms with van der Waals surface area (Å²) in [5.41, 5.74) is 3.10. The number of hydrogen-bond donors (Lipinski definition) is 0. The number of hydrogen-bond acceptors (Lipinski definition) is 6. The van der Waals surface area contributed by atoms with Gasteiger partial charge in [-0.3, -0.25) is 4.68 Å². The number of aryl methyl sites for hydroxylation is 2. The van der Waals surface area contributed by atoms with E-state index in [9.17, 15) is 0 Å². The Morgan fingerprint density at radius 1 is 1.17 bits per heavy atom. The fourth-order valence-corrected chi connectivity index (χ4v) is 3.59. The van der Waals surface area contributed by atoms with Crippen LogP contribution in [0.3, 0.4) is 0 Å². The van der Waals surface area contributed by atoms with Gasteiger partial charge in [0, 0.05) is 32.2 Å². The molecule has 0 unspecified atom stereocenters. The highest BCUT2D eigenvalue weighted by atomic mass is 32.1. The smallest absolute Gasteiger partial charge is 0.150 e. The molecular formula is C16H17N7S. The number of aromatic nitrogens is 6. The summed E-state index contributed by atoms with van der Waals surface area (Å²) in [4.78, 5) is 11.1. The molecule has 0 N–H and O–H groups in total. The largest absolute Gasteiger partial charge is 0.353 e. The molecule has 0 aliphatic rings. The molecule has 0 aliphatic heterocycles. The van der Waals surface area contributed by atoms with Crippen LogP contribution >= 0.6 is 11.3 Å². The first-order valence-corrected chi connectivity index (χ1v) is 8.47. The molecule has 8 heteroatoms. The van der Waals surface area contributed by atoms with Gasteiger partial charge in [-0.05, 0) is 23.6 Å². The summed E-state index contributed by atoms with van der Waals surface area (Å²) < 4.78 is 4.93. The standard InChI is InChI=1S/C16H17N7S/c1-21-6-3-4-13(21)10-23(9-12-8-22(2)20-19-12)16-15-14(5-7-24-15)17-11-18-16/h3-8,11H,9-10H2,1-2H3. The summed E-state index contributed by atoms with van der Waals surface area (Å²) >= 11 is 1.66. The molecule has 24 heavy (non-hydrogen) atoms. The summed E-state index contributed by atoms with van der Waals surface area (Å²) in [6.45, 7) is 1.38. The molecule has 4 rings (SSSR count). The van der Waals surface area contributed by atoms with Crippen molar-refractivity contribution in [2.45, 2.75) is 13.1 Å². The first-order valence-electron chi connectivity index (χ1n) is 7.59. The van der Waals surface area contributed by atoms with Gasteiger partial charge in [0.25, 0.3) is 0 Å². The second-order valence-electron chi connectivity index (χ2n) is 5.68. The summed E-state index contributed by atoms with van der Waals surface area (Å²) in [6.07, 6.45) is 5.61. The zero-order valence-electron chi connectivity index (χ0n) is 13.5. The summed E-state index contributed by atoms with van der Waals surface area (Å²) in [6, 6.07) is 6.20. The zero-order chi connectivity index (χ0) is 16.5. The zero-order valence-corrected chi connectivity index (χ0v) is 14.3. The third-order valence-corrected chi connectivity index (χ3v) is 4.83. The highest BCUT2D eigenvalue weighted by molar-refractivity contribution is 7.17. The molecule has 0 spiro atoms. The van der Waals surface area contributed by atoms with E-state index in [1.165, 1.54) is 5.69 Å².